The molecule has 12 heteroatoms. The van der Waals surface area contributed by atoms with E-state index in [-0.39, 0.29) is 12.0 Å². The van der Waals surface area contributed by atoms with Gasteiger partial charge in [-0.05, 0) is 43.8 Å². The molecule has 2 atom stereocenters. The maximum Gasteiger partial charge on any atom is 0.461 e. The maximum absolute atomic E-state index is 13.7. The summed E-state index contributed by atoms with van der Waals surface area (Å²) in [6, 6.07) is 15.4. The number of carbonyl (C=O) groups excluding carboxylic acids is 1. The summed E-state index contributed by atoms with van der Waals surface area (Å²) in [5.74, 6) is -5.25. The first-order valence-corrected chi connectivity index (χ1v) is 11.8. The van der Waals surface area contributed by atoms with E-state index >= 15 is 0 Å². The minimum Gasteiger partial charge on any atom is -0.428 e. The molecule has 0 saturated heterocycles. The smallest absolute Gasteiger partial charge is 0.428 e. The average Bonchev–Trinajstić information content (AvgIpc) is 3.54. The van der Waals surface area contributed by atoms with Crippen LogP contribution in [0.2, 0.25) is 5.02 Å². The summed E-state index contributed by atoms with van der Waals surface area (Å²) < 4.78 is 91.2. The quantitative estimate of drug-likeness (QED) is 0.176. The Balaban J connectivity index is 0.000000403. The van der Waals surface area contributed by atoms with Gasteiger partial charge >= 0.3 is 12.5 Å². The standard InChI is InChI=1S/C15H12ClF5N2O.C7H8.C4H4F2O.C2H2/c1-22-13(12-3-2-9(16)7-23-12)8-4-10(17)6-11(5-8)24-15(20,21)14(18)19;1-7-5-3-2-4-6-7;5-4(6)1-3(4)2-7;1-2/h2-7,13-14,22H,1H3;2-6H,1H3;2-3H,1H2;1-2H/t13-;;;/m0.../s1. The van der Waals surface area contributed by atoms with Crippen molar-refractivity contribution in [1.82, 2.24) is 10.3 Å². The van der Waals surface area contributed by atoms with Crippen LogP contribution < -0.4 is 10.1 Å². The van der Waals surface area contributed by atoms with Gasteiger partial charge in [0, 0.05) is 18.7 Å². The summed E-state index contributed by atoms with van der Waals surface area (Å²) in [5.41, 5.74) is 1.92. The summed E-state index contributed by atoms with van der Waals surface area (Å²) in [7, 11) is 1.54. The van der Waals surface area contributed by atoms with Crippen molar-refractivity contribution in [3.05, 3.63) is 94.5 Å². The fraction of sp³-hybridized carbons (Fsp3) is 0.286. The number of hydrogen-bond donors (Lipinski definition) is 1. The SMILES string of the molecule is C#C.CN[C@@H](c1cc(F)cc(OC(F)(F)C(F)F)c1)c1ccc(Cl)cn1.Cc1ccccc1.O=CC1CC1(F)F. The second-order valence-electron chi connectivity index (χ2n) is 8.17. The third-order valence-electron chi connectivity index (χ3n) is 5.05. The van der Waals surface area contributed by atoms with E-state index in [9.17, 15) is 35.5 Å². The zero-order valence-corrected chi connectivity index (χ0v) is 22.1. The topological polar surface area (TPSA) is 51.2 Å². The second-order valence-corrected chi connectivity index (χ2v) is 8.61. The van der Waals surface area contributed by atoms with Crippen LogP contribution in [0.25, 0.3) is 0 Å². The number of alkyl halides is 6. The van der Waals surface area contributed by atoms with Crippen LogP contribution in [0.5, 0.6) is 5.75 Å². The number of halogens is 8. The van der Waals surface area contributed by atoms with E-state index in [1.807, 2.05) is 18.2 Å². The highest BCUT2D eigenvalue weighted by atomic mass is 35.5. The number of carbonyl (C=O) groups is 1. The Labute approximate surface area is 232 Å². The van der Waals surface area contributed by atoms with E-state index in [0.717, 1.165) is 12.1 Å². The fourth-order valence-corrected chi connectivity index (χ4v) is 3.08. The molecular weight excluding hydrogens is 565 g/mol. The summed E-state index contributed by atoms with van der Waals surface area (Å²) in [4.78, 5) is 13.6. The molecular formula is C28H26ClF7N2O2. The number of hydrogen-bond acceptors (Lipinski definition) is 4. The number of aldehydes is 1. The molecule has 2 aromatic carbocycles. The normalized spacial score (nSPS) is 15.6. The van der Waals surface area contributed by atoms with Crippen LogP contribution >= 0.6 is 11.6 Å². The van der Waals surface area contributed by atoms with Crippen molar-refractivity contribution in [3.63, 3.8) is 0 Å². The van der Waals surface area contributed by atoms with Crippen molar-refractivity contribution < 1.29 is 40.3 Å². The van der Waals surface area contributed by atoms with Crippen LogP contribution in [0.1, 0.15) is 29.3 Å². The summed E-state index contributed by atoms with van der Waals surface area (Å²) in [6.45, 7) is 2.08. The van der Waals surface area contributed by atoms with Crippen molar-refractivity contribution in [2.24, 2.45) is 5.92 Å². The Morgan fingerprint density at radius 3 is 2.10 bits per heavy atom. The van der Waals surface area contributed by atoms with Crippen LogP contribution in [0.15, 0.2) is 66.9 Å². The number of benzene rings is 2. The minimum absolute atomic E-state index is 0.174. The van der Waals surface area contributed by atoms with E-state index in [0.29, 0.717) is 23.1 Å². The number of nitrogens with one attached hydrogen (secondary N) is 1. The number of pyridine rings is 1. The Morgan fingerprint density at radius 1 is 1.12 bits per heavy atom. The Kier molecular flexibility index (Phi) is 13.6. The first kappa shape index (κ1) is 34.4. The Bertz CT molecular complexity index is 1210. The molecule has 0 spiro atoms. The van der Waals surface area contributed by atoms with E-state index in [1.165, 1.54) is 11.8 Å². The monoisotopic (exact) mass is 590 g/mol. The lowest BCUT2D eigenvalue weighted by Crippen LogP contribution is -2.33. The van der Waals surface area contributed by atoms with Gasteiger partial charge in [-0.3, -0.25) is 4.98 Å². The predicted octanol–water partition coefficient (Wildman–Crippen LogP) is 7.50. The van der Waals surface area contributed by atoms with Crippen LogP contribution in [-0.4, -0.2) is 36.8 Å². The fourth-order valence-electron chi connectivity index (χ4n) is 2.97. The molecule has 216 valence electrons. The molecule has 1 aromatic heterocycles. The molecule has 1 aliphatic rings. The van der Waals surface area contributed by atoms with Gasteiger partial charge in [-0.25, -0.2) is 13.2 Å². The number of aromatic nitrogens is 1. The Hall–Kier alpha value is -3.62. The third kappa shape index (κ3) is 11.2. The molecule has 3 aromatic rings. The highest BCUT2D eigenvalue weighted by Crippen LogP contribution is 2.46. The van der Waals surface area contributed by atoms with Gasteiger partial charge in [0.05, 0.1) is 22.7 Å². The molecule has 0 radical (unpaired) electrons. The molecule has 1 heterocycles. The number of aryl methyl sites for hydroxylation is 1. The molecule has 40 heavy (non-hydrogen) atoms. The van der Waals surface area contributed by atoms with E-state index in [1.54, 1.807) is 19.2 Å². The lowest BCUT2D eigenvalue weighted by Gasteiger charge is -2.20. The molecule has 1 saturated carbocycles. The van der Waals surface area contributed by atoms with Gasteiger partial charge in [0.15, 0.2) is 0 Å². The molecule has 0 bridgehead atoms. The number of rotatable bonds is 7. The summed E-state index contributed by atoms with van der Waals surface area (Å²) >= 11 is 5.74. The number of nitrogens with zero attached hydrogens (tertiary/aromatic N) is 1. The molecule has 1 aliphatic carbocycles. The number of terminal acetylenes is 1. The molecule has 1 fully saturated rings. The zero-order chi connectivity index (χ0) is 30.5. The van der Waals surface area contributed by atoms with Crippen molar-refractivity contribution in [2.45, 2.75) is 37.8 Å². The molecule has 1 unspecified atom stereocenters. The average molecular weight is 591 g/mol. The van der Waals surface area contributed by atoms with Crippen molar-refractivity contribution >= 4 is 17.9 Å². The lowest BCUT2D eigenvalue weighted by molar-refractivity contribution is -0.253. The molecule has 0 aliphatic heterocycles. The highest BCUT2D eigenvalue weighted by Gasteiger charge is 2.56. The van der Waals surface area contributed by atoms with Gasteiger partial charge in [0.1, 0.15) is 17.9 Å². The van der Waals surface area contributed by atoms with Crippen molar-refractivity contribution in [1.29, 1.82) is 0 Å². The van der Waals surface area contributed by atoms with Crippen molar-refractivity contribution in [3.8, 4) is 18.6 Å². The van der Waals surface area contributed by atoms with Gasteiger partial charge < -0.3 is 14.8 Å². The van der Waals surface area contributed by atoms with Crippen LogP contribution in [0, 0.1) is 31.5 Å². The maximum atomic E-state index is 13.7. The molecule has 1 N–H and O–H groups in total. The van der Waals surface area contributed by atoms with E-state index < -0.39 is 42.0 Å². The van der Waals surface area contributed by atoms with Crippen LogP contribution in [0.4, 0.5) is 30.7 Å². The lowest BCUT2D eigenvalue weighted by atomic mass is 10.0. The van der Waals surface area contributed by atoms with Gasteiger partial charge in [0.2, 0.25) is 0 Å². The Morgan fingerprint density at radius 2 is 1.73 bits per heavy atom. The predicted molar refractivity (Wildman–Crippen MR) is 138 cm³/mol. The second kappa shape index (κ2) is 15.8. The van der Waals surface area contributed by atoms with Crippen LogP contribution in [-0.2, 0) is 4.79 Å². The van der Waals surface area contributed by atoms with Gasteiger partial charge in [-0.15, -0.1) is 12.8 Å². The number of ether oxygens (including phenoxy) is 1. The first-order valence-electron chi connectivity index (χ1n) is 11.4. The minimum atomic E-state index is -4.72. The summed E-state index contributed by atoms with van der Waals surface area (Å²) in [5, 5.41) is 3.21. The van der Waals surface area contributed by atoms with E-state index in [2.05, 4.69) is 46.9 Å². The molecule has 4 nitrogen and oxygen atoms in total. The third-order valence-corrected chi connectivity index (χ3v) is 5.27. The van der Waals surface area contributed by atoms with Gasteiger partial charge in [-0.2, -0.15) is 17.6 Å². The van der Waals surface area contributed by atoms with Gasteiger partial charge in [-0.1, -0.05) is 47.5 Å². The van der Waals surface area contributed by atoms with Crippen molar-refractivity contribution in [2.75, 3.05) is 7.05 Å². The van der Waals surface area contributed by atoms with Crippen LogP contribution in [0.3, 0.4) is 0 Å². The molecule has 4 rings (SSSR count). The van der Waals surface area contributed by atoms with Gasteiger partial charge in [0.25, 0.3) is 5.92 Å². The highest BCUT2D eigenvalue weighted by molar-refractivity contribution is 6.30. The first-order chi connectivity index (χ1) is 18.8. The zero-order valence-electron chi connectivity index (χ0n) is 21.3. The van der Waals surface area contributed by atoms with E-state index in [4.69, 9.17) is 11.6 Å². The summed E-state index contributed by atoms with van der Waals surface area (Å²) in [6.07, 6.45) is 0.667. The molecule has 0 amide bonds. The largest absolute Gasteiger partial charge is 0.461 e.